The first kappa shape index (κ1) is 12.3. The zero-order chi connectivity index (χ0) is 14.1. The van der Waals surface area contributed by atoms with Crippen molar-refractivity contribution in [1.29, 1.82) is 0 Å². The molecule has 0 fully saturated rings. The molecular formula is C13H12N4O3. The second-order valence-electron chi connectivity index (χ2n) is 4.58. The summed E-state index contributed by atoms with van der Waals surface area (Å²) in [5, 5.41) is 13.7. The Labute approximate surface area is 113 Å². The molecule has 0 unspecified atom stereocenters. The van der Waals surface area contributed by atoms with Crippen molar-refractivity contribution in [3.05, 3.63) is 50.3 Å². The Morgan fingerprint density at radius 2 is 2.00 bits per heavy atom. The third-order valence-corrected chi connectivity index (χ3v) is 3.26. The zero-order valence-corrected chi connectivity index (χ0v) is 10.5. The lowest BCUT2D eigenvalue weighted by atomic mass is 10.1. The molecule has 102 valence electrons. The molecule has 0 radical (unpaired) electrons. The second-order valence-corrected chi connectivity index (χ2v) is 4.58. The quantitative estimate of drug-likeness (QED) is 0.640. The maximum Gasteiger partial charge on any atom is 0.269 e. The highest BCUT2D eigenvalue weighted by atomic mass is 16.6. The van der Waals surface area contributed by atoms with Gasteiger partial charge in [0.15, 0.2) is 0 Å². The van der Waals surface area contributed by atoms with E-state index in [0.717, 1.165) is 13.0 Å². The molecule has 0 amide bonds. The average Bonchev–Trinajstić information content (AvgIpc) is 2.47. The number of fused-ring (bicyclic) bond motifs is 1. The van der Waals surface area contributed by atoms with Crippen LogP contribution in [0, 0.1) is 10.1 Å². The zero-order valence-electron chi connectivity index (χ0n) is 10.5. The van der Waals surface area contributed by atoms with Gasteiger partial charge in [0.25, 0.3) is 11.2 Å². The van der Waals surface area contributed by atoms with Crippen LogP contribution in [0.3, 0.4) is 0 Å². The molecular weight excluding hydrogens is 260 g/mol. The van der Waals surface area contributed by atoms with E-state index in [1.165, 1.54) is 12.1 Å². The number of benzene rings is 1. The number of rotatable bonds is 2. The van der Waals surface area contributed by atoms with E-state index >= 15 is 0 Å². The normalized spacial score (nSPS) is 13.4. The van der Waals surface area contributed by atoms with Crippen molar-refractivity contribution < 1.29 is 4.92 Å². The summed E-state index contributed by atoms with van der Waals surface area (Å²) in [4.78, 5) is 29.2. The third kappa shape index (κ3) is 2.13. The number of nitrogens with one attached hydrogen (secondary N) is 2. The topological polar surface area (TPSA) is 101 Å². The van der Waals surface area contributed by atoms with Gasteiger partial charge < -0.3 is 10.3 Å². The summed E-state index contributed by atoms with van der Waals surface area (Å²) in [6.07, 6.45) is 1.62. The molecule has 2 heterocycles. The van der Waals surface area contributed by atoms with Crippen LogP contribution in [0.4, 0.5) is 11.5 Å². The fraction of sp³-hybridized carbons (Fsp3) is 0.231. The van der Waals surface area contributed by atoms with Crippen LogP contribution in [0.5, 0.6) is 0 Å². The Bertz CT molecular complexity index is 721. The molecule has 0 saturated carbocycles. The lowest BCUT2D eigenvalue weighted by Gasteiger charge is -2.16. The molecule has 0 saturated heterocycles. The predicted molar refractivity (Wildman–Crippen MR) is 73.8 cm³/mol. The molecule has 3 rings (SSSR count). The molecule has 1 aromatic heterocycles. The number of non-ortho nitro benzene ring substituents is 1. The van der Waals surface area contributed by atoms with Crippen molar-refractivity contribution in [1.82, 2.24) is 9.97 Å². The van der Waals surface area contributed by atoms with Gasteiger partial charge in [-0.25, -0.2) is 4.98 Å². The summed E-state index contributed by atoms with van der Waals surface area (Å²) < 4.78 is 0. The molecule has 1 aliphatic rings. The molecule has 1 aliphatic heterocycles. The largest absolute Gasteiger partial charge is 0.370 e. The van der Waals surface area contributed by atoms with Crippen LogP contribution in [-0.4, -0.2) is 21.4 Å². The van der Waals surface area contributed by atoms with E-state index in [1.807, 2.05) is 0 Å². The number of H-pyrrole nitrogens is 1. The monoisotopic (exact) mass is 272 g/mol. The van der Waals surface area contributed by atoms with Crippen LogP contribution in [-0.2, 0) is 6.42 Å². The molecule has 1 aromatic carbocycles. The van der Waals surface area contributed by atoms with Gasteiger partial charge in [0, 0.05) is 24.2 Å². The Hall–Kier alpha value is -2.70. The lowest BCUT2D eigenvalue weighted by Crippen LogP contribution is -2.24. The molecule has 0 aliphatic carbocycles. The minimum Gasteiger partial charge on any atom is -0.370 e. The first-order chi connectivity index (χ1) is 9.65. The highest BCUT2D eigenvalue weighted by Crippen LogP contribution is 2.22. The standard InChI is InChI=1S/C13H12N4O3/c18-13-10-2-1-7-14-12(10)15-11(16-13)8-3-5-9(6-4-8)17(19)20/h3-6H,1-2,7H2,(H2,14,15,16,18). The van der Waals surface area contributed by atoms with Crippen molar-refractivity contribution >= 4 is 11.5 Å². The molecule has 2 N–H and O–H groups in total. The molecule has 0 atom stereocenters. The fourth-order valence-electron chi connectivity index (χ4n) is 2.23. The Balaban J connectivity index is 2.04. The SMILES string of the molecule is O=c1[nH]c(-c2ccc([N+](=O)[O-])cc2)nc2c1CCCN2. The van der Waals surface area contributed by atoms with E-state index in [1.54, 1.807) is 12.1 Å². The van der Waals surface area contributed by atoms with E-state index in [2.05, 4.69) is 15.3 Å². The minimum atomic E-state index is -0.464. The lowest BCUT2D eigenvalue weighted by molar-refractivity contribution is -0.384. The van der Waals surface area contributed by atoms with Gasteiger partial charge in [0.1, 0.15) is 11.6 Å². The van der Waals surface area contributed by atoms with E-state index < -0.39 is 4.92 Å². The van der Waals surface area contributed by atoms with Crippen LogP contribution in [0.15, 0.2) is 29.1 Å². The van der Waals surface area contributed by atoms with Crippen LogP contribution in [0.2, 0.25) is 0 Å². The van der Waals surface area contributed by atoms with E-state index in [4.69, 9.17) is 0 Å². The first-order valence-electron chi connectivity index (χ1n) is 6.27. The number of hydrogen-bond donors (Lipinski definition) is 2. The number of hydrogen-bond acceptors (Lipinski definition) is 5. The van der Waals surface area contributed by atoms with Gasteiger partial charge >= 0.3 is 0 Å². The number of nitrogens with zero attached hydrogens (tertiary/aromatic N) is 2. The highest BCUT2D eigenvalue weighted by molar-refractivity contribution is 5.60. The van der Waals surface area contributed by atoms with Crippen molar-refractivity contribution in [2.45, 2.75) is 12.8 Å². The summed E-state index contributed by atoms with van der Waals surface area (Å²) in [5.74, 6) is 1.02. The molecule has 7 nitrogen and oxygen atoms in total. The first-order valence-corrected chi connectivity index (χ1v) is 6.27. The number of aromatic nitrogens is 2. The van der Waals surface area contributed by atoms with Crippen LogP contribution in [0.1, 0.15) is 12.0 Å². The van der Waals surface area contributed by atoms with Gasteiger partial charge in [-0.05, 0) is 25.0 Å². The highest BCUT2D eigenvalue weighted by Gasteiger charge is 2.16. The average molecular weight is 272 g/mol. The van der Waals surface area contributed by atoms with Crippen LogP contribution in [0.25, 0.3) is 11.4 Å². The van der Waals surface area contributed by atoms with E-state index in [0.29, 0.717) is 29.2 Å². The smallest absolute Gasteiger partial charge is 0.269 e. The summed E-state index contributed by atoms with van der Waals surface area (Å²) in [5.41, 5.74) is 1.16. The fourth-order valence-corrected chi connectivity index (χ4v) is 2.23. The number of anilines is 1. The number of nitro benzene ring substituents is 1. The van der Waals surface area contributed by atoms with Crippen molar-refractivity contribution in [3.63, 3.8) is 0 Å². The minimum absolute atomic E-state index is 0.00665. The summed E-state index contributed by atoms with van der Waals surface area (Å²) in [6, 6.07) is 5.93. The van der Waals surface area contributed by atoms with Crippen LogP contribution < -0.4 is 10.9 Å². The molecule has 0 spiro atoms. The maximum atomic E-state index is 12.0. The molecule has 2 aromatic rings. The van der Waals surface area contributed by atoms with E-state index in [9.17, 15) is 14.9 Å². The van der Waals surface area contributed by atoms with Gasteiger partial charge in [-0.1, -0.05) is 0 Å². The number of aromatic amines is 1. The Morgan fingerprint density at radius 3 is 2.70 bits per heavy atom. The van der Waals surface area contributed by atoms with Gasteiger partial charge in [0.2, 0.25) is 0 Å². The summed E-state index contributed by atoms with van der Waals surface area (Å²) in [6.45, 7) is 0.795. The molecule has 20 heavy (non-hydrogen) atoms. The summed E-state index contributed by atoms with van der Waals surface area (Å²) >= 11 is 0. The third-order valence-electron chi connectivity index (χ3n) is 3.26. The van der Waals surface area contributed by atoms with E-state index in [-0.39, 0.29) is 11.2 Å². The Kier molecular flexibility index (Phi) is 2.94. The summed E-state index contributed by atoms with van der Waals surface area (Å²) in [7, 11) is 0. The molecule has 0 bridgehead atoms. The number of nitro groups is 1. The predicted octanol–water partition coefficient (Wildman–Crippen LogP) is 1.70. The molecule has 7 heteroatoms. The second kappa shape index (κ2) is 4.76. The van der Waals surface area contributed by atoms with Crippen LogP contribution >= 0.6 is 0 Å². The van der Waals surface area contributed by atoms with Crippen molar-refractivity contribution in [2.24, 2.45) is 0 Å². The van der Waals surface area contributed by atoms with Crippen molar-refractivity contribution in [2.75, 3.05) is 11.9 Å². The van der Waals surface area contributed by atoms with Gasteiger partial charge in [-0.15, -0.1) is 0 Å². The van der Waals surface area contributed by atoms with Crippen molar-refractivity contribution in [3.8, 4) is 11.4 Å². The Morgan fingerprint density at radius 1 is 1.25 bits per heavy atom. The van der Waals surface area contributed by atoms with Gasteiger partial charge in [-0.2, -0.15) is 0 Å². The van der Waals surface area contributed by atoms with Gasteiger partial charge in [0.05, 0.1) is 10.5 Å². The maximum absolute atomic E-state index is 12.0. The van der Waals surface area contributed by atoms with Gasteiger partial charge in [-0.3, -0.25) is 14.9 Å².